The van der Waals surface area contributed by atoms with E-state index in [9.17, 15) is 5.11 Å². The van der Waals surface area contributed by atoms with Crippen molar-refractivity contribution in [3.8, 4) is 0 Å². The largest absolute Gasteiger partial charge is 0.469 e. The Hall–Kier alpha value is -1.10. The molecule has 1 heterocycles. The Morgan fingerprint density at radius 3 is 2.53 bits per heavy atom. The fourth-order valence-corrected chi connectivity index (χ4v) is 1.91. The average Bonchev–Trinajstić information content (AvgIpc) is 2.82. The Kier molecular flexibility index (Phi) is 4.51. The van der Waals surface area contributed by atoms with E-state index < -0.39 is 11.4 Å². The van der Waals surface area contributed by atoms with Gasteiger partial charge in [-0.3, -0.25) is 0 Å². The molecule has 0 aliphatic heterocycles. The van der Waals surface area contributed by atoms with Crippen molar-refractivity contribution >= 4 is 0 Å². The molecule has 96 valence electrons. The summed E-state index contributed by atoms with van der Waals surface area (Å²) in [7, 11) is 2.96. The lowest BCUT2D eigenvalue weighted by Crippen LogP contribution is -2.53. The quantitative estimate of drug-likeness (QED) is 0.586. The zero-order valence-electron chi connectivity index (χ0n) is 10.6. The highest BCUT2D eigenvalue weighted by molar-refractivity contribution is 5.06. The molecule has 0 amide bonds. The van der Waals surface area contributed by atoms with Crippen molar-refractivity contribution in [1.29, 1.82) is 0 Å². The number of ether oxygens (including phenoxy) is 2. The first kappa shape index (κ1) is 14.0. The van der Waals surface area contributed by atoms with E-state index in [2.05, 4.69) is 6.58 Å². The Morgan fingerprint density at radius 1 is 1.47 bits per heavy atom. The lowest BCUT2D eigenvalue weighted by atomic mass is 9.89. The summed E-state index contributed by atoms with van der Waals surface area (Å²) in [4.78, 5) is 0. The monoisotopic (exact) mass is 240 g/mol. The molecule has 4 heteroatoms. The average molecular weight is 240 g/mol. The standard InChI is InChI=1S/C13H20O4/c1-5-13(15-3,16-4)12(2,14)9-8-11-7-6-10-17-11/h5-7,10,14H,1,8-9H2,2-4H3. The highest BCUT2D eigenvalue weighted by atomic mass is 16.7. The van der Waals surface area contributed by atoms with E-state index in [1.807, 2.05) is 12.1 Å². The van der Waals surface area contributed by atoms with Crippen LogP contribution in [0.25, 0.3) is 0 Å². The van der Waals surface area contributed by atoms with E-state index in [4.69, 9.17) is 13.9 Å². The maximum absolute atomic E-state index is 10.5. The predicted octanol–water partition coefficient (Wildman–Crippen LogP) is 2.14. The molecule has 0 saturated carbocycles. The van der Waals surface area contributed by atoms with Crippen LogP contribution in [0.1, 0.15) is 19.1 Å². The molecule has 1 atom stereocenters. The van der Waals surface area contributed by atoms with Gasteiger partial charge in [0.05, 0.1) is 6.26 Å². The van der Waals surface area contributed by atoms with Crippen LogP contribution in [0.15, 0.2) is 35.5 Å². The molecule has 1 aromatic rings. The summed E-state index contributed by atoms with van der Waals surface area (Å²) >= 11 is 0. The molecule has 0 saturated heterocycles. The molecule has 0 radical (unpaired) electrons. The molecule has 0 aromatic carbocycles. The minimum atomic E-state index is -1.21. The van der Waals surface area contributed by atoms with E-state index in [1.165, 1.54) is 20.3 Å². The molecule has 1 aromatic heterocycles. The van der Waals surface area contributed by atoms with Gasteiger partial charge in [0.15, 0.2) is 0 Å². The summed E-state index contributed by atoms with van der Waals surface area (Å²) in [5, 5.41) is 10.5. The SMILES string of the molecule is C=CC(OC)(OC)C(C)(O)CCc1ccco1. The smallest absolute Gasteiger partial charge is 0.216 e. The normalized spacial score (nSPS) is 15.5. The molecular weight excluding hydrogens is 220 g/mol. The minimum absolute atomic E-state index is 0.439. The van der Waals surface area contributed by atoms with Crippen molar-refractivity contribution in [1.82, 2.24) is 0 Å². The van der Waals surface area contributed by atoms with Crippen LogP contribution in [0.2, 0.25) is 0 Å². The Morgan fingerprint density at radius 2 is 2.12 bits per heavy atom. The van der Waals surface area contributed by atoms with Gasteiger partial charge in [-0.2, -0.15) is 0 Å². The molecular formula is C13H20O4. The molecule has 1 unspecified atom stereocenters. The number of hydrogen-bond acceptors (Lipinski definition) is 4. The van der Waals surface area contributed by atoms with Crippen molar-refractivity contribution in [2.75, 3.05) is 14.2 Å². The third-order valence-corrected chi connectivity index (χ3v) is 3.06. The molecule has 0 bridgehead atoms. The second-order valence-corrected chi connectivity index (χ2v) is 4.13. The molecule has 1 rings (SSSR count). The van der Waals surface area contributed by atoms with Gasteiger partial charge in [-0.05, 0) is 31.6 Å². The summed E-state index contributed by atoms with van der Waals surface area (Å²) in [6.45, 7) is 5.31. The van der Waals surface area contributed by atoms with E-state index in [1.54, 1.807) is 13.2 Å². The minimum Gasteiger partial charge on any atom is -0.469 e. The molecule has 0 fully saturated rings. The van der Waals surface area contributed by atoms with Crippen LogP contribution in [0.5, 0.6) is 0 Å². The summed E-state index contributed by atoms with van der Waals surface area (Å²) in [6.07, 6.45) is 4.11. The molecule has 0 aliphatic rings. The zero-order chi connectivity index (χ0) is 12.9. The van der Waals surface area contributed by atoms with E-state index >= 15 is 0 Å². The molecule has 0 aliphatic carbocycles. The van der Waals surface area contributed by atoms with Gasteiger partial charge < -0.3 is 19.0 Å². The third-order valence-electron chi connectivity index (χ3n) is 3.06. The second kappa shape index (κ2) is 5.49. The van der Waals surface area contributed by atoms with Gasteiger partial charge in [0.2, 0.25) is 5.79 Å². The maximum atomic E-state index is 10.5. The predicted molar refractivity (Wildman–Crippen MR) is 64.6 cm³/mol. The van der Waals surface area contributed by atoms with Crippen molar-refractivity contribution in [2.24, 2.45) is 0 Å². The van der Waals surface area contributed by atoms with Crippen LogP contribution < -0.4 is 0 Å². The second-order valence-electron chi connectivity index (χ2n) is 4.13. The molecule has 1 N–H and O–H groups in total. The molecule has 0 spiro atoms. The topological polar surface area (TPSA) is 51.8 Å². The number of rotatable bonds is 7. The van der Waals surface area contributed by atoms with Crippen LogP contribution in [-0.2, 0) is 15.9 Å². The van der Waals surface area contributed by atoms with Crippen LogP contribution in [-0.4, -0.2) is 30.7 Å². The number of methoxy groups -OCH3 is 2. The van der Waals surface area contributed by atoms with Gasteiger partial charge in [0.25, 0.3) is 0 Å². The molecule has 17 heavy (non-hydrogen) atoms. The highest BCUT2D eigenvalue weighted by Gasteiger charge is 2.45. The van der Waals surface area contributed by atoms with Crippen LogP contribution in [0.3, 0.4) is 0 Å². The fraction of sp³-hybridized carbons (Fsp3) is 0.538. The Bertz CT molecular complexity index is 336. The third kappa shape index (κ3) is 2.77. The van der Waals surface area contributed by atoms with Crippen molar-refractivity contribution < 1.29 is 19.0 Å². The van der Waals surface area contributed by atoms with Gasteiger partial charge in [0, 0.05) is 20.6 Å². The van der Waals surface area contributed by atoms with Crippen molar-refractivity contribution in [3.63, 3.8) is 0 Å². The van der Waals surface area contributed by atoms with Crippen LogP contribution >= 0.6 is 0 Å². The van der Waals surface area contributed by atoms with Gasteiger partial charge in [-0.15, -0.1) is 0 Å². The lowest BCUT2D eigenvalue weighted by molar-refractivity contribution is -0.267. The fourth-order valence-electron chi connectivity index (χ4n) is 1.91. The molecule has 4 nitrogen and oxygen atoms in total. The summed E-state index contributed by atoms with van der Waals surface area (Å²) in [5.74, 6) is -0.394. The number of hydrogen-bond donors (Lipinski definition) is 1. The number of aliphatic hydroxyl groups is 1. The number of aryl methyl sites for hydroxylation is 1. The van der Waals surface area contributed by atoms with E-state index in [0.29, 0.717) is 12.8 Å². The van der Waals surface area contributed by atoms with Gasteiger partial charge in [-0.1, -0.05) is 6.58 Å². The van der Waals surface area contributed by atoms with Gasteiger partial charge >= 0.3 is 0 Å². The van der Waals surface area contributed by atoms with Crippen LogP contribution in [0.4, 0.5) is 0 Å². The highest BCUT2D eigenvalue weighted by Crippen LogP contribution is 2.32. The first-order valence-electron chi connectivity index (χ1n) is 5.50. The number of furan rings is 1. The van der Waals surface area contributed by atoms with Gasteiger partial charge in [-0.25, -0.2) is 0 Å². The van der Waals surface area contributed by atoms with E-state index in [-0.39, 0.29) is 0 Å². The Labute approximate surface area is 102 Å². The maximum Gasteiger partial charge on any atom is 0.216 e. The summed E-state index contributed by atoms with van der Waals surface area (Å²) in [5.41, 5.74) is -1.19. The Balaban J connectivity index is 2.75. The first-order valence-corrected chi connectivity index (χ1v) is 5.50. The zero-order valence-corrected chi connectivity index (χ0v) is 10.6. The summed E-state index contributed by atoms with van der Waals surface area (Å²) in [6, 6.07) is 3.68. The van der Waals surface area contributed by atoms with Crippen molar-refractivity contribution in [2.45, 2.75) is 31.2 Å². The van der Waals surface area contributed by atoms with E-state index in [0.717, 1.165) is 5.76 Å². The first-order chi connectivity index (χ1) is 8.01. The summed E-state index contributed by atoms with van der Waals surface area (Å²) < 4.78 is 15.7. The van der Waals surface area contributed by atoms with Gasteiger partial charge in [0.1, 0.15) is 11.4 Å². The van der Waals surface area contributed by atoms with Crippen LogP contribution in [0, 0.1) is 0 Å². The lowest BCUT2D eigenvalue weighted by Gasteiger charge is -2.40. The van der Waals surface area contributed by atoms with Crippen molar-refractivity contribution in [3.05, 3.63) is 36.8 Å².